The second-order valence-electron chi connectivity index (χ2n) is 5.08. The summed E-state index contributed by atoms with van der Waals surface area (Å²) in [6, 6.07) is 5.13. The van der Waals surface area contributed by atoms with E-state index in [1.54, 1.807) is 18.2 Å². The molecule has 2 aliphatic carbocycles. The van der Waals surface area contributed by atoms with Crippen molar-refractivity contribution in [3.8, 4) is 0 Å². The summed E-state index contributed by atoms with van der Waals surface area (Å²) in [7, 11) is 0. The van der Waals surface area contributed by atoms with E-state index in [4.69, 9.17) is 0 Å². The van der Waals surface area contributed by atoms with Crippen molar-refractivity contribution in [3.63, 3.8) is 0 Å². The van der Waals surface area contributed by atoms with Crippen molar-refractivity contribution in [2.75, 3.05) is 0 Å². The van der Waals surface area contributed by atoms with Gasteiger partial charge in [-0.25, -0.2) is 4.39 Å². The van der Waals surface area contributed by atoms with Gasteiger partial charge < -0.3 is 5.11 Å². The first-order valence-corrected chi connectivity index (χ1v) is 6.58. The van der Waals surface area contributed by atoms with E-state index in [1.165, 1.54) is 6.42 Å². The van der Waals surface area contributed by atoms with E-state index < -0.39 is 6.10 Å². The molecule has 2 fully saturated rings. The Morgan fingerprint density at radius 1 is 1.25 bits per heavy atom. The predicted molar refractivity (Wildman–Crippen MR) is 63.4 cm³/mol. The van der Waals surface area contributed by atoms with Crippen LogP contribution >= 0.6 is 15.9 Å². The van der Waals surface area contributed by atoms with E-state index >= 15 is 0 Å². The lowest BCUT2D eigenvalue weighted by Crippen LogP contribution is -2.12. The van der Waals surface area contributed by atoms with Crippen molar-refractivity contribution in [2.45, 2.75) is 25.4 Å². The SMILES string of the molecule is OC(c1cccc(Br)c1F)C1CC2CC2C1. The summed E-state index contributed by atoms with van der Waals surface area (Å²) in [5.74, 6) is 1.58. The lowest BCUT2D eigenvalue weighted by Gasteiger charge is -2.20. The first-order valence-electron chi connectivity index (χ1n) is 5.79. The molecule has 1 aromatic carbocycles. The normalized spacial score (nSPS) is 33.6. The predicted octanol–water partition coefficient (Wildman–Crippen LogP) is 3.67. The molecule has 86 valence electrons. The zero-order chi connectivity index (χ0) is 11.3. The third kappa shape index (κ3) is 1.70. The molecule has 0 saturated heterocycles. The Balaban J connectivity index is 1.83. The van der Waals surface area contributed by atoms with Crippen LogP contribution in [0.2, 0.25) is 0 Å². The molecule has 3 rings (SSSR count). The Kier molecular flexibility index (Phi) is 2.55. The van der Waals surface area contributed by atoms with Crippen LogP contribution in [0.25, 0.3) is 0 Å². The Morgan fingerprint density at radius 2 is 1.94 bits per heavy atom. The fourth-order valence-electron chi connectivity index (χ4n) is 3.02. The molecule has 1 aromatic rings. The van der Waals surface area contributed by atoms with Crippen LogP contribution in [0.1, 0.15) is 30.9 Å². The molecule has 0 aliphatic heterocycles. The molecule has 2 saturated carbocycles. The minimum Gasteiger partial charge on any atom is -0.388 e. The van der Waals surface area contributed by atoms with Gasteiger partial charge in [0.1, 0.15) is 5.82 Å². The quantitative estimate of drug-likeness (QED) is 0.879. The molecule has 2 aliphatic rings. The summed E-state index contributed by atoms with van der Waals surface area (Å²) in [4.78, 5) is 0. The number of hydrogen-bond acceptors (Lipinski definition) is 1. The van der Waals surface area contributed by atoms with Crippen LogP contribution in [-0.4, -0.2) is 5.11 Å². The number of aliphatic hydroxyl groups excluding tert-OH is 1. The molecule has 1 nitrogen and oxygen atoms in total. The summed E-state index contributed by atoms with van der Waals surface area (Å²) in [5, 5.41) is 10.2. The van der Waals surface area contributed by atoms with E-state index in [0.717, 1.165) is 24.7 Å². The van der Waals surface area contributed by atoms with E-state index in [0.29, 0.717) is 10.0 Å². The average molecular weight is 285 g/mol. The largest absolute Gasteiger partial charge is 0.388 e. The van der Waals surface area contributed by atoms with Gasteiger partial charge in [-0.15, -0.1) is 0 Å². The highest BCUT2D eigenvalue weighted by Gasteiger charge is 2.48. The fraction of sp³-hybridized carbons (Fsp3) is 0.538. The van der Waals surface area contributed by atoms with Gasteiger partial charge in [0.15, 0.2) is 0 Å². The number of fused-ring (bicyclic) bond motifs is 1. The maximum atomic E-state index is 13.8. The first-order chi connectivity index (χ1) is 7.66. The fourth-order valence-corrected chi connectivity index (χ4v) is 3.40. The van der Waals surface area contributed by atoms with Gasteiger partial charge in [0.2, 0.25) is 0 Å². The first kappa shape index (κ1) is 10.7. The van der Waals surface area contributed by atoms with Crippen molar-refractivity contribution in [3.05, 3.63) is 34.1 Å². The lowest BCUT2D eigenvalue weighted by atomic mass is 9.91. The van der Waals surface area contributed by atoms with E-state index in [1.807, 2.05) is 0 Å². The number of hydrogen-bond donors (Lipinski definition) is 1. The Hall–Kier alpha value is -0.410. The molecule has 0 heterocycles. The topological polar surface area (TPSA) is 20.2 Å². The van der Waals surface area contributed by atoms with Crippen LogP contribution in [0.5, 0.6) is 0 Å². The Morgan fingerprint density at radius 3 is 2.62 bits per heavy atom. The van der Waals surface area contributed by atoms with E-state index in [-0.39, 0.29) is 11.7 Å². The van der Waals surface area contributed by atoms with E-state index in [2.05, 4.69) is 15.9 Å². The van der Waals surface area contributed by atoms with Crippen LogP contribution in [-0.2, 0) is 0 Å². The van der Waals surface area contributed by atoms with Crippen LogP contribution in [0.15, 0.2) is 22.7 Å². The summed E-state index contributed by atoms with van der Waals surface area (Å²) >= 11 is 3.16. The molecule has 0 aromatic heterocycles. The van der Waals surface area contributed by atoms with Gasteiger partial charge in [0, 0.05) is 5.56 Å². The maximum Gasteiger partial charge on any atom is 0.143 e. The summed E-state index contributed by atoms with van der Waals surface area (Å²) in [6.07, 6.45) is 2.82. The van der Waals surface area contributed by atoms with Gasteiger partial charge >= 0.3 is 0 Å². The minimum atomic E-state index is -0.634. The standard InChI is InChI=1S/C13H14BrFO/c14-11-3-1-2-10(12(11)15)13(16)9-5-7-4-8(7)6-9/h1-3,7-9,13,16H,4-6H2. The Bertz CT molecular complexity index is 410. The molecule has 3 heteroatoms. The van der Waals surface area contributed by atoms with E-state index in [9.17, 15) is 9.50 Å². The molecule has 0 radical (unpaired) electrons. The van der Waals surface area contributed by atoms with Crippen LogP contribution in [0.4, 0.5) is 4.39 Å². The van der Waals surface area contributed by atoms with Crippen LogP contribution in [0, 0.1) is 23.6 Å². The molecule has 1 N–H and O–H groups in total. The van der Waals surface area contributed by atoms with Crippen molar-refractivity contribution < 1.29 is 9.50 Å². The van der Waals surface area contributed by atoms with Gasteiger partial charge in [0.05, 0.1) is 10.6 Å². The van der Waals surface area contributed by atoms with Gasteiger partial charge in [-0.2, -0.15) is 0 Å². The highest BCUT2D eigenvalue weighted by atomic mass is 79.9. The third-order valence-electron chi connectivity index (χ3n) is 4.03. The van der Waals surface area contributed by atoms with Crippen molar-refractivity contribution in [1.29, 1.82) is 0 Å². The van der Waals surface area contributed by atoms with Gasteiger partial charge in [0.25, 0.3) is 0 Å². The maximum absolute atomic E-state index is 13.8. The summed E-state index contributed by atoms with van der Waals surface area (Å²) < 4.78 is 14.2. The van der Waals surface area contributed by atoms with Gasteiger partial charge in [-0.3, -0.25) is 0 Å². The highest BCUT2D eigenvalue weighted by molar-refractivity contribution is 9.10. The highest BCUT2D eigenvalue weighted by Crippen LogP contribution is 2.57. The molecule has 16 heavy (non-hydrogen) atoms. The number of rotatable bonds is 2. The smallest absolute Gasteiger partial charge is 0.143 e. The zero-order valence-electron chi connectivity index (χ0n) is 8.87. The molecule has 0 amide bonds. The molecule has 3 unspecified atom stereocenters. The molecular weight excluding hydrogens is 271 g/mol. The molecule has 0 bridgehead atoms. The third-order valence-corrected chi connectivity index (χ3v) is 4.64. The van der Waals surface area contributed by atoms with Crippen LogP contribution in [0.3, 0.4) is 0 Å². The number of halogens is 2. The zero-order valence-corrected chi connectivity index (χ0v) is 10.5. The average Bonchev–Trinajstić information content (AvgIpc) is 2.89. The van der Waals surface area contributed by atoms with Gasteiger partial charge in [-0.05, 0) is 59.0 Å². The molecule has 0 spiro atoms. The van der Waals surface area contributed by atoms with Crippen molar-refractivity contribution in [2.24, 2.45) is 17.8 Å². The molecule has 3 atom stereocenters. The number of aliphatic hydroxyl groups is 1. The lowest BCUT2D eigenvalue weighted by molar-refractivity contribution is 0.101. The number of benzene rings is 1. The second kappa shape index (κ2) is 3.81. The van der Waals surface area contributed by atoms with Crippen LogP contribution < -0.4 is 0 Å². The summed E-state index contributed by atoms with van der Waals surface area (Å²) in [5.41, 5.74) is 0.445. The van der Waals surface area contributed by atoms with Gasteiger partial charge in [-0.1, -0.05) is 12.1 Å². The van der Waals surface area contributed by atoms with Crippen molar-refractivity contribution >= 4 is 15.9 Å². The summed E-state index contributed by atoms with van der Waals surface area (Å²) in [6.45, 7) is 0. The Labute approximate surface area is 103 Å². The minimum absolute atomic E-state index is 0.257. The monoisotopic (exact) mass is 284 g/mol. The second-order valence-corrected chi connectivity index (χ2v) is 5.93. The molecular formula is C13H14BrFO. The van der Waals surface area contributed by atoms with Crippen molar-refractivity contribution in [1.82, 2.24) is 0 Å².